The fourth-order valence-electron chi connectivity index (χ4n) is 3.54. The molecular weight excluding hydrogens is 492 g/mol. The van der Waals surface area contributed by atoms with E-state index in [0.717, 1.165) is 30.7 Å². The largest absolute Gasteiger partial charge is 1.00 e. The lowest BCUT2D eigenvalue weighted by atomic mass is 10.1. The maximum absolute atomic E-state index is 11.4. The Kier molecular flexibility index (Phi) is 11.8. The first-order valence-electron chi connectivity index (χ1n) is 10.7. The number of hydrogen-bond donors (Lipinski definition) is 1. The smallest absolute Gasteiger partial charge is 0.454 e. The molecule has 192 valence electrons. The molecule has 0 saturated heterocycles. The number of halogens is 7. The van der Waals surface area contributed by atoms with Crippen LogP contribution in [-0.4, -0.2) is 34.6 Å². The van der Waals surface area contributed by atoms with Gasteiger partial charge in [0.05, 0.1) is 6.54 Å². The van der Waals surface area contributed by atoms with Crippen molar-refractivity contribution in [3.63, 3.8) is 0 Å². The molecule has 0 heterocycles. The van der Waals surface area contributed by atoms with Gasteiger partial charge >= 0.3 is 18.5 Å². The van der Waals surface area contributed by atoms with Gasteiger partial charge in [-0.3, -0.25) is 0 Å². The van der Waals surface area contributed by atoms with Gasteiger partial charge in [-0.1, -0.05) is 91.0 Å². The van der Waals surface area contributed by atoms with Crippen LogP contribution in [0.5, 0.6) is 0 Å². The molecule has 0 saturated carbocycles. The lowest BCUT2D eigenvalue weighted by molar-refractivity contribution is -0.964. The van der Waals surface area contributed by atoms with E-state index in [1.54, 1.807) is 0 Å². The van der Waals surface area contributed by atoms with Crippen LogP contribution in [-0.2, 0) is 19.6 Å². The molecule has 0 amide bonds. The molecule has 0 bridgehead atoms. The summed E-state index contributed by atoms with van der Waals surface area (Å²) in [5.74, 6) is -5.40. The van der Waals surface area contributed by atoms with Crippen LogP contribution in [0.4, 0.5) is 26.3 Å². The minimum atomic E-state index is -5.94. The highest BCUT2D eigenvalue weighted by Crippen LogP contribution is 2.36. The van der Waals surface area contributed by atoms with Gasteiger partial charge in [0, 0.05) is 16.7 Å². The highest BCUT2D eigenvalue weighted by atomic mass is 35.5. The van der Waals surface area contributed by atoms with Crippen LogP contribution in [0.25, 0.3) is 0 Å². The molecule has 0 spiro atoms. The van der Waals surface area contributed by atoms with E-state index in [9.17, 15) is 26.3 Å². The van der Waals surface area contributed by atoms with Crippen LogP contribution in [0.3, 0.4) is 0 Å². The average Bonchev–Trinajstić information content (AvgIpc) is 2.80. The topological polar surface area (TPSA) is 20.2 Å². The van der Waals surface area contributed by atoms with E-state index in [1.165, 1.54) is 16.7 Å². The summed E-state index contributed by atoms with van der Waals surface area (Å²) >= 11 is 0. The molecule has 1 unspecified atom stereocenters. The van der Waals surface area contributed by atoms with Crippen LogP contribution in [0.2, 0.25) is 0 Å². The Labute approximate surface area is 207 Å². The van der Waals surface area contributed by atoms with Gasteiger partial charge in [-0.05, 0) is 6.92 Å². The maximum Gasteiger partial charge on any atom is 0.454 e. The first-order valence-corrected chi connectivity index (χ1v) is 10.7. The van der Waals surface area contributed by atoms with E-state index in [4.69, 9.17) is 5.11 Å². The Morgan fingerprint density at radius 2 is 0.943 bits per heavy atom. The predicted molar refractivity (Wildman–Crippen MR) is 119 cm³/mol. The first-order chi connectivity index (χ1) is 16.0. The first kappa shape index (κ1) is 30.5. The average molecular weight is 520 g/mol. The number of quaternary nitrogens is 1. The fourth-order valence-corrected chi connectivity index (χ4v) is 3.54. The minimum Gasteiger partial charge on any atom is -1.00 e. The Morgan fingerprint density at radius 3 is 1.11 bits per heavy atom. The normalized spacial score (nSPS) is 13.3. The monoisotopic (exact) mass is 519 g/mol. The summed E-state index contributed by atoms with van der Waals surface area (Å²) in [6.45, 7) is 6.59. The van der Waals surface area contributed by atoms with Gasteiger partial charge in [0.2, 0.25) is 0 Å². The zero-order chi connectivity index (χ0) is 25.2. The van der Waals surface area contributed by atoms with Gasteiger partial charge < -0.3 is 22.0 Å². The Morgan fingerprint density at radius 1 is 0.657 bits per heavy atom. The van der Waals surface area contributed by atoms with Crippen molar-refractivity contribution in [1.82, 2.24) is 0 Å². The highest BCUT2D eigenvalue weighted by Gasteiger charge is 2.62. The second-order valence-corrected chi connectivity index (χ2v) is 8.06. The molecule has 0 aliphatic heterocycles. The molecule has 3 rings (SSSR count). The molecule has 9 heteroatoms. The van der Waals surface area contributed by atoms with E-state index in [1.807, 2.05) is 0 Å². The third-order valence-corrected chi connectivity index (χ3v) is 5.44. The molecule has 0 aromatic heterocycles. The van der Waals surface area contributed by atoms with Gasteiger partial charge in [0.25, 0.3) is 0 Å². The molecule has 0 aliphatic carbocycles. The van der Waals surface area contributed by atoms with Crippen LogP contribution >= 0.6 is 0 Å². The van der Waals surface area contributed by atoms with Gasteiger partial charge in [-0.2, -0.15) is 17.6 Å². The quantitative estimate of drug-likeness (QED) is 0.354. The van der Waals surface area contributed by atoms with Crippen LogP contribution in [0.1, 0.15) is 23.6 Å². The van der Waals surface area contributed by atoms with E-state index < -0.39 is 18.5 Å². The molecule has 1 N–H and O–H groups in total. The fraction of sp³-hybridized carbons (Fsp3) is 0.308. The number of rotatable bonds is 8. The zero-order valence-electron chi connectivity index (χ0n) is 19.1. The Balaban J connectivity index is 0.000000477. The van der Waals surface area contributed by atoms with Gasteiger partial charge in [0.15, 0.2) is 0 Å². The molecule has 0 radical (unpaired) electrons. The molecular formula is C26H28ClF6NO. The number of aliphatic hydroxyl groups is 1. The van der Waals surface area contributed by atoms with Gasteiger partial charge in [-0.15, -0.1) is 0 Å². The summed E-state index contributed by atoms with van der Waals surface area (Å²) in [6.07, 6.45) is -10.4. The van der Waals surface area contributed by atoms with E-state index in [2.05, 4.69) is 97.9 Å². The van der Waals surface area contributed by atoms with Crippen LogP contribution < -0.4 is 12.4 Å². The summed E-state index contributed by atoms with van der Waals surface area (Å²) in [4.78, 5) is 0. The highest BCUT2D eigenvalue weighted by molar-refractivity contribution is 5.17. The SMILES string of the molecule is CC[N+](Cc1ccccc1)(Cc1ccccc1)Cc1ccccc1.OC(F)(C(F)F)C(F)(F)F.[Cl-]. The molecule has 3 aromatic rings. The summed E-state index contributed by atoms with van der Waals surface area (Å²) in [6, 6.07) is 32.6. The van der Waals surface area contributed by atoms with E-state index in [-0.39, 0.29) is 12.4 Å². The van der Waals surface area contributed by atoms with Crippen molar-refractivity contribution in [1.29, 1.82) is 0 Å². The maximum atomic E-state index is 11.4. The number of hydrogen-bond acceptors (Lipinski definition) is 1. The molecule has 0 aliphatic rings. The second kappa shape index (κ2) is 13.5. The van der Waals surface area contributed by atoms with Crippen LogP contribution in [0.15, 0.2) is 91.0 Å². The molecule has 3 aromatic carbocycles. The number of benzene rings is 3. The Bertz CT molecular complexity index is 868. The van der Waals surface area contributed by atoms with Gasteiger partial charge in [-0.25, -0.2) is 8.78 Å². The van der Waals surface area contributed by atoms with Crippen molar-refractivity contribution in [3.8, 4) is 0 Å². The van der Waals surface area contributed by atoms with Gasteiger partial charge in [0.1, 0.15) is 19.6 Å². The third-order valence-electron chi connectivity index (χ3n) is 5.44. The standard InChI is InChI=1S/C23H26N.C3H2F6O.ClH/c1-2-24(18-21-12-6-3-7-13-21,19-22-14-8-4-9-15-22)20-23-16-10-5-11-17-23;4-1(5)2(6,10)3(7,8)9;/h3-17H,2,18-20H2,1H3;1,10H;1H/q+1;;/p-1. The lowest BCUT2D eigenvalue weighted by Gasteiger charge is -2.38. The number of nitrogens with zero attached hydrogens (tertiary/aromatic N) is 1. The van der Waals surface area contributed by atoms with Crippen molar-refractivity contribution in [3.05, 3.63) is 108 Å². The molecule has 2 nitrogen and oxygen atoms in total. The molecule has 0 fully saturated rings. The predicted octanol–water partition coefficient (Wildman–Crippen LogP) is 3.90. The Hall–Kier alpha value is -2.55. The van der Waals surface area contributed by atoms with Crippen molar-refractivity contribution >= 4 is 0 Å². The zero-order valence-corrected chi connectivity index (χ0v) is 19.9. The van der Waals surface area contributed by atoms with Crippen molar-refractivity contribution in [2.75, 3.05) is 6.54 Å². The summed E-state index contributed by atoms with van der Waals surface area (Å²) in [5.41, 5.74) is 4.23. The van der Waals surface area contributed by atoms with Crippen molar-refractivity contribution in [2.24, 2.45) is 0 Å². The third kappa shape index (κ3) is 9.20. The van der Waals surface area contributed by atoms with E-state index >= 15 is 0 Å². The van der Waals surface area contributed by atoms with Crippen LogP contribution in [0, 0.1) is 0 Å². The van der Waals surface area contributed by atoms with Crippen molar-refractivity contribution < 1.29 is 48.3 Å². The molecule has 1 atom stereocenters. The lowest BCUT2D eigenvalue weighted by Crippen LogP contribution is -3.00. The summed E-state index contributed by atoms with van der Waals surface area (Å²) in [5, 5.41) is 7.39. The minimum absolute atomic E-state index is 0. The second-order valence-electron chi connectivity index (χ2n) is 8.06. The summed E-state index contributed by atoms with van der Waals surface area (Å²) in [7, 11) is 0. The molecule has 35 heavy (non-hydrogen) atoms. The number of alkyl halides is 6. The van der Waals surface area contributed by atoms with Crippen molar-refractivity contribution in [2.45, 2.75) is 45.0 Å². The van der Waals surface area contributed by atoms with E-state index in [0.29, 0.717) is 0 Å². The summed E-state index contributed by atoms with van der Waals surface area (Å²) < 4.78 is 67.3.